The van der Waals surface area contributed by atoms with E-state index in [1.165, 1.54) is 32.2 Å². The molecule has 18 heavy (non-hydrogen) atoms. The van der Waals surface area contributed by atoms with E-state index in [2.05, 4.69) is 52.0 Å². The molecule has 0 amide bonds. The molecular weight excluding hydrogens is 220 g/mol. The smallest absolute Gasteiger partial charge is 0.0249 e. The second kappa shape index (κ2) is 7.49. The molecule has 0 heterocycles. The molecule has 1 saturated carbocycles. The molecule has 1 aliphatic carbocycles. The van der Waals surface area contributed by atoms with Crippen molar-refractivity contribution in [1.82, 2.24) is 10.2 Å². The first-order chi connectivity index (χ1) is 8.49. The van der Waals surface area contributed by atoms with Crippen LogP contribution in [-0.4, -0.2) is 37.6 Å². The second-order valence-corrected chi connectivity index (χ2v) is 6.73. The van der Waals surface area contributed by atoms with Crippen molar-refractivity contribution < 1.29 is 0 Å². The van der Waals surface area contributed by atoms with Crippen LogP contribution in [0.1, 0.15) is 53.4 Å². The Morgan fingerprint density at radius 1 is 1.22 bits per heavy atom. The van der Waals surface area contributed by atoms with Gasteiger partial charge in [0.05, 0.1) is 0 Å². The Labute approximate surface area is 115 Å². The zero-order valence-electron chi connectivity index (χ0n) is 13.4. The van der Waals surface area contributed by atoms with E-state index in [1.54, 1.807) is 0 Å². The third kappa shape index (κ3) is 4.24. The van der Waals surface area contributed by atoms with Gasteiger partial charge in [0.1, 0.15) is 0 Å². The summed E-state index contributed by atoms with van der Waals surface area (Å²) in [6.07, 6.45) is 5.40. The van der Waals surface area contributed by atoms with Crippen molar-refractivity contribution in [1.29, 1.82) is 0 Å². The molecule has 1 rings (SSSR count). The van der Waals surface area contributed by atoms with Gasteiger partial charge in [-0.3, -0.25) is 0 Å². The maximum Gasteiger partial charge on any atom is 0.0249 e. The lowest BCUT2D eigenvalue weighted by Gasteiger charge is -2.43. The number of rotatable bonds is 6. The van der Waals surface area contributed by atoms with Gasteiger partial charge in [-0.25, -0.2) is 0 Å². The molecule has 0 radical (unpaired) electrons. The quantitative estimate of drug-likeness (QED) is 0.782. The van der Waals surface area contributed by atoms with Crippen molar-refractivity contribution in [3.8, 4) is 0 Å². The van der Waals surface area contributed by atoms with Crippen LogP contribution < -0.4 is 5.32 Å². The van der Waals surface area contributed by atoms with Gasteiger partial charge in [-0.05, 0) is 51.1 Å². The molecule has 1 N–H and O–H groups in total. The number of hydrogen-bond donors (Lipinski definition) is 1. The molecule has 2 nitrogen and oxygen atoms in total. The maximum atomic E-state index is 3.54. The van der Waals surface area contributed by atoms with Gasteiger partial charge in [0.25, 0.3) is 0 Å². The third-order valence-corrected chi connectivity index (χ3v) is 5.03. The van der Waals surface area contributed by atoms with Crippen molar-refractivity contribution in [3.05, 3.63) is 0 Å². The molecule has 0 aromatic rings. The lowest BCUT2D eigenvalue weighted by Crippen LogP contribution is -2.52. The summed E-state index contributed by atoms with van der Waals surface area (Å²) in [5, 5.41) is 3.54. The average molecular weight is 254 g/mol. The Morgan fingerprint density at radius 3 is 2.39 bits per heavy atom. The Morgan fingerprint density at radius 2 is 1.89 bits per heavy atom. The fraction of sp³-hybridized carbons (Fsp3) is 1.00. The minimum atomic E-state index is 0.689. The van der Waals surface area contributed by atoms with E-state index >= 15 is 0 Å². The summed E-state index contributed by atoms with van der Waals surface area (Å²) in [4.78, 5) is 2.61. The van der Waals surface area contributed by atoms with Gasteiger partial charge in [-0.1, -0.05) is 34.1 Å². The molecule has 0 aromatic heterocycles. The highest BCUT2D eigenvalue weighted by Crippen LogP contribution is 2.32. The molecule has 0 aromatic carbocycles. The SMILES string of the molecule is CCC(C)CN(C)C1CC(C(C)C)CCC1NC. The van der Waals surface area contributed by atoms with Crippen LogP contribution in [0.5, 0.6) is 0 Å². The minimum Gasteiger partial charge on any atom is -0.315 e. The van der Waals surface area contributed by atoms with Crippen molar-refractivity contribution >= 4 is 0 Å². The Hall–Kier alpha value is -0.0800. The first-order valence-corrected chi connectivity index (χ1v) is 7.87. The predicted molar refractivity (Wildman–Crippen MR) is 80.9 cm³/mol. The fourth-order valence-electron chi connectivity index (χ4n) is 3.36. The van der Waals surface area contributed by atoms with E-state index in [9.17, 15) is 0 Å². The highest BCUT2D eigenvalue weighted by molar-refractivity contribution is 4.90. The largest absolute Gasteiger partial charge is 0.315 e. The van der Waals surface area contributed by atoms with E-state index in [1.807, 2.05) is 0 Å². The molecule has 0 aliphatic heterocycles. The molecule has 108 valence electrons. The minimum absolute atomic E-state index is 0.689. The Balaban J connectivity index is 2.61. The first kappa shape index (κ1) is 16.0. The van der Waals surface area contributed by atoms with Crippen molar-refractivity contribution in [2.24, 2.45) is 17.8 Å². The van der Waals surface area contributed by atoms with Crippen molar-refractivity contribution in [3.63, 3.8) is 0 Å². The van der Waals surface area contributed by atoms with Crippen LogP contribution in [0.25, 0.3) is 0 Å². The number of hydrogen-bond acceptors (Lipinski definition) is 2. The monoisotopic (exact) mass is 254 g/mol. The lowest BCUT2D eigenvalue weighted by atomic mass is 9.76. The van der Waals surface area contributed by atoms with Crippen LogP contribution >= 0.6 is 0 Å². The van der Waals surface area contributed by atoms with E-state index in [0.717, 1.165) is 23.8 Å². The van der Waals surface area contributed by atoms with Gasteiger partial charge in [0.2, 0.25) is 0 Å². The molecule has 0 spiro atoms. The summed E-state index contributed by atoms with van der Waals surface area (Å²) >= 11 is 0. The summed E-state index contributed by atoms with van der Waals surface area (Å²) < 4.78 is 0. The van der Waals surface area contributed by atoms with Crippen molar-refractivity contribution in [2.75, 3.05) is 20.6 Å². The molecule has 0 saturated heterocycles. The van der Waals surface area contributed by atoms with E-state index < -0.39 is 0 Å². The molecular formula is C16H34N2. The van der Waals surface area contributed by atoms with E-state index in [-0.39, 0.29) is 0 Å². The molecule has 4 unspecified atom stereocenters. The van der Waals surface area contributed by atoms with Crippen LogP contribution in [0.2, 0.25) is 0 Å². The van der Waals surface area contributed by atoms with Crippen LogP contribution in [0.15, 0.2) is 0 Å². The van der Waals surface area contributed by atoms with Crippen LogP contribution in [0.3, 0.4) is 0 Å². The highest BCUT2D eigenvalue weighted by Gasteiger charge is 2.33. The van der Waals surface area contributed by atoms with Gasteiger partial charge in [-0.15, -0.1) is 0 Å². The molecule has 2 heteroatoms. The standard InChI is InChI=1S/C16H34N2/c1-7-13(4)11-18(6)16-10-14(12(2)3)8-9-15(16)17-5/h12-17H,7-11H2,1-6H3. The summed E-state index contributed by atoms with van der Waals surface area (Å²) in [5.41, 5.74) is 0. The Bertz CT molecular complexity index is 227. The van der Waals surface area contributed by atoms with Gasteiger partial charge in [0, 0.05) is 18.6 Å². The Kier molecular flexibility index (Phi) is 6.65. The van der Waals surface area contributed by atoms with Crippen LogP contribution in [0.4, 0.5) is 0 Å². The molecule has 1 aliphatic rings. The molecule has 0 bridgehead atoms. The topological polar surface area (TPSA) is 15.3 Å². The van der Waals surface area contributed by atoms with Gasteiger partial charge in [0.15, 0.2) is 0 Å². The maximum absolute atomic E-state index is 3.54. The zero-order valence-corrected chi connectivity index (χ0v) is 13.4. The van der Waals surface area contributed by atoms with Crippen LogP contribution in [0, 0.1) is 17.8 Å². The molecule has 4 atom stereocenters. The summed E-state index contributed by atoms with van der Waals surface area (Å²) in [5.74, 6) is 2.56. The normalized spacial score (nSPS) is 31.0. The molecule has 1 fully saturated rings. The van der Waals surface area contributed by atoms with Crippen molar-refractivity contribution in [2.45, 2.75) is 65.5 Å². The number of nitrogens with zero attached hydrogens (tertiary/aromatic N) is 1. The highest BCUT2D eigenvalue weighted by atomic mass is 15.2. The summed E-state index contributed by atoms with van der Waals surface area (Å²) in [7, 11) is 4.45. The summed E-state index contributed by atoms with van der Waals surface area (Å²) in [6.45, 7) is 10.7. The van der Waals surface area contributed by atoms with Crippen LogP contribution in [-0.2, 0) is 0 Å². The zero-order chi connectivity index (χ0) is 13.7. The second-order valence-electron chi connectivity index (χ2n) is 6.73. The lowest BCUT2D eigenvalue weighted by molar-refractivity contribution is 0.0948. The van der Waals surface area contributed by atoms with E-state index in [4.69, 9.17) is 0 Å². The van der Waals surface area contributed by atoms with Gasteiger partial charge < -0.3 is 10.2 Å². The first-order valence-electron chi connectivity index (χ1n) is 7.87. The van der Waals surface area contributed by atoms with E-state index in [0.29, 0.717) is 6.04 Å². The van der Waals surface area contributed by atoms with Gasteiger partial charge in [-0.2, -0.15) is 0 Å². The average Bonchev–Trinajstić information content (AvgIpc) is 2.37. The fourth-order valence-corrected chi connectivity index (χ4v) is 3.36. The predicted octanol–water partition coefficient (Wildman–Crippen LogP) is 3.38. The number of nitrogens with one attached hydrogen (secondary N) is 1. The van der Waals surface area contributed by atoms with Gasteiger partial charge >= 0.3 is 0 Å². The summed E-state index contributed by atoms with van der Waals surface area (Å²) in [6, 6.07) is 1.42. The third-order valence-electron chi connectivity index (χ3n) is 5.03. The number of likely N-dealkylation sites (N-methyl/N-ethyl adjacent to an activating group) is 2.